The van der Waals surface area contributed by atoms with E-state index in [1.54, 1.807) is 17.4 Å². The Kier molecular flexibility index (Phi) is 3.51. The van der Waals surface area contributed by atoms with E-state index in [1.807, 2.05) is 17.6 Å². The zero-order chi connectivity index (χ0) is 14.9. The second-order valence-electron chi connectivity index (χ2n) is 5.40. The van der Waals surface area contributed by atoms with Gasteiger partial charge < -0.3 is 9.88 Å². The molecule has 1 N–H and O–H groups in total. The van der Waals surface area contributed by atoms with E-state index in [2.05, 4.69) is 24.8 Å². The van der Waals surface area contributed by atoms with Crippen LogP contribution in [0.3, 0.4) is 0 Å². The van der Waals surface area contributed by atoms with E-state index >= 15 is 0 Å². The molecule has 0 radical (unpaired) electrons. The first-order valence-electron chi connectivity index (χ1n) is 7.29. The lowest BCUT2D eigenvalue weighted by Gasteiger charge is -2.34. The average Bonchev–Trinajstić information content (AvgIpc) is 3.18. The molecule has 114 valence electrons. The molecule has 1 aromatic carbocycles. The molecule has 0 aliphatic carbocycles. The quantitative estimate of drug-likeness (QED) is 0.806. The molecule has 1 aliphatic heterocycles. The van der Waals surface area contributed by atoms with Crippen molar-refractivity contribution in [3.63, 3.8) is 0 Å². The fraction of sp³-hybridized carbons (Fsp3) is 0.333. The molecular weight excluding hydrogens is 301 g/mol. The summed E-state index contributed by atoms with van der Waals surface area (Å²) in [6.07, 6.45) is 1.84. The summed E-state index contributed by atoms with van der Waals surface area (Å²) < 4.78 is 13.7. The Labute approximate surface area is 131 Å². The van der Waals surface area contributed by atoms with Crippen molar-refractivity contribution >= 4 is 27.5 Å². The van der Waals surface area contributed by atoms with Crippen LogP contribution >= 0.6 is 11.3 Å². The van der Waals surface area contributed by atoms with Gasteiger partial charge in [0.15, 0.2) is 10.9 Å². The Hall–Kier alpha value is -1.99. The van der Waals surface area contributed by atoms with Crippen molar-refractivity contribution in [2.24, 2.45) is 0 Å². The molecule has 0 unspecified atom stereocenters. The van der Waals surface area contributed by atoms with Crippen LogP contribution in [-0.4, -0.2) is 46.0 Å². The van der Waals surface area contributed by atoms with Crippen LogP contribution in [0.5, 0.6) is 0 Å². The number of fused-ring (bicyclic) bond motifs is 1. The highest BCUT2D eigenvalue weighted by Crippen LogP contribution is 2.20. The van der Waals surface area contributed by atoms with Crippen LogP contribution in [0.15, 0.2) is 29.8 Å². The number of nitrogens with one attached hydrogen (secondary N) is 1. The fourth-order valence-corrected chi connectivity index (χ4v) is 3.50. The van der Waals surface area contributed by atoms with Crippen LogP contribution in [0.4, 0.5) is 9.52 Å². The van der Waals surface area contributed by atoms with Gasteiger partial charge in [-0.15, -0.1) is 11.3 Å². The van der Waals surface area contributed by atoms with E-state index in [4.69, 9.17) is 0 Å². The third kappa shape index (κ3) is 2.57. The minimum Gasteiger partial charge on any atom is -0.346 e. The summed E-state index contributed by atoms with van der Waals surface area (Å²) in [6, 6.07) is 5.00. The number of H-pyrrole nitrogens is 1. The number of rotatable bonds is 3. The van der Waals surface area contributed by atoms with Crippen molar-refractivity contribution in [1.82, 2.24) is 19.9 Å². The molecule has 0 atom stereocenters. The first kappa shape index (κ1) is 13.7. The zero-order valence-corrected chi connectivity index (χ0v) is 12.8. The molecule has 2 aromatic heterocycles. The first-order chi connectivity index (χ1) is 10.8. The number of aromatic amines is 1. The van der Waals surface area contributed by atoms with Crippen LogP contribution in [0.1, 0.15) is 5.82 Å². The topological polar surface area (TPSA) is 48.1 Å². The van der Waals surface area contributed by atoms with Crippen molar-refractivity contribution in [3.8, 4) is 0 Å². The Bertz CT molecular complexity index is 761. The van der Waals surface area contributed by atoms with E-state index in [0.29, 0.717) is 5.52 Å². The number of hydrogen-bond acceptors (Lipinski definition) is 5. The lowest BCUT2D eigenvalue weighted by molar-refractivity contribution is 0.245. The second-order valence-corrected chi connectivity index (χ2v) is 6.27. The minimum atomic E-state index is -0.270. The van der Waals surface area contributed by atoms with Crippen LogP contribution < -0.4 is 4.90 Å². The van der Waals surface area contributed by atoms with Crippen molar-refractivity contribution in [3.05, 3.63) is 41.4 Å². The third-order valence-corrected chi connectivity index (χ3v) is 4.78. The van der Waals surface area contributed by atoms with Crippen LogP contribution in [0, 0.1) is 5.82 Å². The molecule has 1 saturated heterocycles. The Morgan fingerprint density at radius 3 is 2.82 bits per heavy atom. The summed E-state index contributed by atoms with van der Waals surface area (Å²) in [6.45, 7) is 4.56. The fourth-order valence-electron chi connectivity index (χ4n) is 2.80. The van der Waals surface area contributed by atoms with Crippen LogP contribution in [-0.2, 0) is 6.54 Å². The summed E-state index contributed by atoms with van der Waals surface area (Å²) in [5.74, 6) is 0.552. The highest BCUT2D eigenvalue weighted by Gasteiger charge is 2.19. The summed E-state index contributed by atoms with van der Waals surface area (Å²) in [5, 5.41) is 3.09. The SMILES string of the molecule is Fc1cccc2[nH]c(CN3CCN(c4nccs4)CC3)nc12. The van der Waals surface area contributed by atoms with E-state index in [1.165, 1.54) is 6.07 Å². The molecule has 0 spiro atoms. The number of piperazine rings is 1. The summed E-state index contributed by atoms with van der Waals surface area (Å²) in [7, 11) is 0. The predicted molar refractivity (Wildman–Crippen MR) is 85.7 cm³/mol. The van der Waals surface area contributed by atoms with Gasteiger partial charge in [0.25, 0.3) is 0 Å². The number of benzene rings is 1. The van der Waals surface area contributed by atoms with Gasteiger partial charge in [-0.05, 0) is 12.1 Å². The van der Waals surface area contributed by atoms with Gasteiger partial charge in [0, 0.05) is 37.8 Å². The molecule has 22 heavy (non-hydrogen) atoms. The van der Waals surface area contributed by atoms with E-state index in [0.717, 1.165) is 49.2 Å². The van der Waals surface area contributed by atoms with Gasteiger partial charge in [0.05, 0.1) is 12.1 Å². The maximum absolute atomic E-state index is 13.7. The van der Waals surface area contributed by atoms with E-state index in [-0.39, 0.29) is 5.82 Å². The number of hydrogen-bond donors (Lipinski definition) is 1. The zero-order valence-electron chi connectivity index (χ0n) is 12.0. The first-order valence-corrected chi connectivity index (χ1v) is 8.17. The van der Waals surface area contributed by atoms with Crippen molar-refractivity contribution in [2.75, 3.05) is 31.1 Å². The van der Waals surface area contributed by atoms with Gasteiger partial charge in [-0.25, -0.2) is 14.4 Å². The smallest absolute Gasteiger partial charge is 0.185 e. The lowest BCUT2D eigenvalue weighted by atomic mass is 10.3. The molecule has 0 bridgehead atoms. The predicted octanol–water partition coefficient (Wildman–Crippen LogP) is 2.48. The number of thiazole rings is 1. The van der Waals surface area contributed by atoms with Crippen LogP contribution in [0.2, 0.25) is 0 Å². The number of anilines is 1. The molecule has 3 aromatic rings. The summed E-state index contributed by atoms with van der Waals surface area (Å²) >= 11 is 1.68. The number of imidazole rings is 1. The highest BCUT2D eigenvalue weighted by atomic mass is 32.1. The Morgan fingerprint density at radius 1 is 1.23 bits per heavy atom. The van der Waals surface area contributed by atoms with E-state index in [9.17, 15) is 4.39 Å². The maximum atomic E-state index is 13.7. The monoisotopic (exact) mass is 317 g/mol. The lowest BCUT2D eigenvalue weighted by Crippen LogP contribution is -2.46. The summed E-state index contributed by atoms with van der Waals surface area (Å²) in [4.78, 5) is 16.6. The molecule has 0 amide bonds. The largest absolute Gasteiger partial charge is 0.346 e. The van der Waals surface area contributed by atoms with Gasteiger partial charge in [0.1, 0.15) is 11.3 Å². The van der Waals surface area contributed by atoms with Crippen molar-refractivity contribution in [1.29, 1.82) is 0 Å². The summed E-state index contributed by atoms with van der Waals surface area (Å²) in [5.41, 5.74) is 1.19. The van der Waals surface area contributed by atoms with Crippen molar-refractivity contribution in [2.45, 2.75) is 6.54 Å². The van der Waals surface area contributed by atoms with Gasteiger partial charge >= 0.3 is 0 Å². The van der Waals surface area contributed by atoms with E-state index < -0.39 is 0 Å². The molecule has 1 aliphatic rings. The molecule has 1 fully saturated rings. The highest BCUT2D eigenvalue weighted by molar-refractivity contribution is 7.13. The standard InChI is InChI=1S/C15H16FN5S/c16-11-2-1-3-12-14(11)19-13(18-12)10-20-5-7-21(8-6-20)15-17-4-9-22-15/h1-4,9H,5-8,10H2,(H,18,19). The third-order valence-electron chi connectivity index (χ3n) is 3.95. The number of para-hydroxylation sites is 1. The number of halogens is 1. The average molecular weight is 317 g/mol. The molecular formula is C15H16FN5S. The molecule has 4 rings (SSSR count). The van der Waals surface area contributed by atoms with Gasteiger partial charge in [-0.2, -0.15) is 0 Å². The minimum absolute atomic E-state index is 0.270. The van der Waals surface area contributed by atoms with Crippen LogP contribution in [0.25, 0.3) is 11.0 Å². The van der Waals surface area contributed by atoms with Gasteiger partial charge in [-0.3, -0.25) is 4.90 Å². The molecule has 5 nitrogen and oxygen atoms in total. The molecule has 7 heteroatoms. The Morgan fingerprint density at radius 2 is 2.09 bits per heavy atom. The van der Waals surface area contributed by atoms with Gasteiger partial charge in [-0.1, -0.05) is 6.07 Å². The van der Waals surface area contributed by atoms with Crippen molar-refractivity contribution < 1.29 is 4.39 Å². The number of aromatic nitrogens is 3. The second kappa shape index (κ2) is 5.66. The number of nitrogens with zero attached hydrogens (tertiary/aromatic N) is 4. The molecule has 3 heterocycles. The Balaban J connectivity index is 1.42. The molecule has 0 saturated carbocycles. The van der Waals surface area contributed by atoms with Gasteiger partial charge in [0.2, 0.25) is 0 Å². The normalized spacial score (nSPS) is 16.5. The maximum Gasteiger partial charge on any atom is 0.185 e.